The first-order chi connectivity index (χ1) is 10.4. The van der Waals surface area contributed by atoms with Gasteiger partial charge in [-0.2, -0.15) is 0 Å². The second kappa shape index (κ2) is 5.73. The molecule has 0 amide bonds. The third-order valence-electron chi connectivity index (χ3n) is 4.29. The highest BCUT2D eigenvalue weighted by Crippen LogP contribution is 2.31. The van der Waals surface area contributed by atoms with Crippen LogP contribution in [0.5, 0.6) is 0 Å². The molecule has 0 radical (unpaired) electrons. The van der Waals surface area contributed by atoms with Gasteiger partial charge in [-0.15, -0.1) is 10.2 Å². The fraction of sp³-hybridized carbons (Fsp3) is 0.500. The molecule has 2 fully saturated rings. The summed E-state index contributed by atoms with van der Waals surface area (Å²) in [5, 5.41) is 10.8. The quantitative estimate of drug-likeness (QED) is 0.869. The fourth-order valence-electron chi connectivity index (χ4n) is 2.83. The maximum absolute atomic E-state index is 4.39. The van der Waals surface area contributed by atoms with Crippen molar-refractivity contribution in [2.75, 3.05) is 37.6 Å². The number of aromatic nitrogens is 2. The number of hydrogen-bond acceptors (Lipinski definition) is 5. The molecule has 0 N–H and O–H groups in total. The Kier molecular flexibility index (Phi) is 3.61. The van der Waals surface area contributed by atoms with Crippen LogP contribution in [0.15, 0.2) is 30.3 Å². The molecule has 1 aromatic carbocycles. The molecule has 0 unspecified atom stereocenters. The highest BCUT2D eigenvalue weighted by atomic mass is 32.1. The van der Waals surface area contributed by atoms with Gasteiger partial charge in [-0.1, -0.05) is 41.7 Å². The largest absolute Gasteiger partial charge is 0.344 e. The molecule has 1 aromatic heterocycles. The van der Waals surface area contributed by atoms with Crippen LogP contribution in [0.3, 0.4) is 0 Å². The minimum atomic E-state index is 0.989. The predicted octanol–water partition coefficient (Wildman–Crippen LogP) is 2.74. The second-order valence-electron chi connectivity index (χ2n) is 5.99. The third kappa shape index (κ3) is 3.09. The lowest BCUT2D eigenvalue weighted by atomic mass is 10.2. The summed E-state index contributed by atoms with van der Waals surface area (Å²) in [6, 6.07) is 10.3. The van der Waals surface area contributed by atoms with Crippen LogP contribution in [0.4, 0.5) is 5.13 Å². The van der Waals surface area contributed by atoms with Gasteiger partial charge in [0.15, 0.2) is 0 Å². The lowest BCUT2D eigenvalue weighted by Crippen LogP contribution is -2.47. The smallest absolute Gasteiger partial charge is 0.208 e. The van der Waals surface area contributed by atoms with Gasteiger partial charge in [0, 0.05) is 38.3 Å². The van der Waals surface area contributed by atoms with Crippen molar-refractivity contribution in [2.24, 2.45) is 5.92 Å². The Morgan fingerprint density at radius 3 is 2.48 bits per heavy atom. The molecule has 5 heteroatoms. The van der Waals surface area contributed by atoms with Gasteiger partial charge in [0.25, 0.3) is 0 Å². The summed E-state index contributed by atoms with van der Waals surface area (Å²) in [6.45, 7) is 5.79. The molecule has 2 aromatic rings. The van der Waals surface area contributed by atoms with Crippen LogP contribution in [0.2, 0.25) is 0 Å². The molecular weight excluding hydrogens is 280 g/mol. The van der Waals surface area contributed by atoms with E-state index in [1.807, 2.05) is 18.2 Å². The van der Waals surface area contributed by atoms with Gasteiger partial charge in [-0.3, -0.25) is 4.90 Å². The number of nitrogens with zero attached hydrogens (tertiary/aromatic N) is 4. The van der Waals surface area contributed by atoms with Crippen LogP contribution in [-0.2, 0) is 0 Å². The predicted molar refractivity (Wildman–Crippen MR) is 86.7 cm³/mol. The second-order valence-corrected chi connectivity index (χ2v) is 6.94. The van der Waals surface area contributed by atoms with Gasteiger partial charge < -0.3 is 4.90 Å². The van der Waals surface area contributed by atoms with Crippen molar-refractivity contribution in [1.29, 1.82) is 0 Å². The van der Waals surface area contributed by atoms with E-state index >= 15 is 0 Å². The zero-order valence-corrected chi connectivity index (χ0v) is 12.9. The van der Waals surface area contributed by atoms with Crippen molar-refractivity contribution in [3.05, 3.63) is 30.3 Å². The average Bonchev–Trinajstić information content (AvgIpc) is 3.22. The summed E-state index contributed by atoms with van der Waals surface area (Å²) in [4.78, 5) is 4.99. The third-order valence-corrected chi connectivity index (χ3v) is 5.32. The summed E-state index contributed by atoms with van der Waals surface area (Å²) >= 11 is 1.71. The maximum Gasteiger partial charge on any atom is 0.208 e. The van der Waals surface area contributed by atoms with Gasteiger partial charge in [0.2, 0.25) is 5.13 Å². The van der Waals surface area contributed by atoms with Crippen molar-refractivity contribution in [3.63, 3.8) is 0 Å². The molecule has 1 aliphatic heterocycles. The Balaban J connectivity index is 1.40. The molecule has 1 aliphatic carbocycles. The van der Waals surface area contributed by atoms with Crippen LogP contribution in [0.25, 0.3) is 10.6 Å². The van der Waals surface area contributed by atoms with E-state index in [0.29, 0.717) is 0 Å². The van der Waals surface area contributed by atoms with E-state index in [0.717, 1.165) is 47.8 Å². The standard InChI is InChI=1S/C16H20N4S/c1-2-4-14(5-3-1)15-17-18-16(21-15)20-10-8-19(9-11-20)12-13-6-7-13/h1-5,13H,6-12H2. The van der Waals surface area contributed by atoms with Gasteiger partial charge in [-0.05, 0) is 18.8 Å². The topological polar surface area (TPSA) is 32.3 Å². The van der Waals surface area contributed by atoms with E-state index in [4.69, 9.17) is 0 Å². The minimum absolute atomic E-state index is 0.989. The molecule has 2 heterocycles. The molecule has 2 aliphatic rings. The molecular formula is C16H20N4S. The number of benzene rings is 1. The van der Waals surface area contributed by atoms with Crippen LogP contribution in [0.1, 0.15) is 12.8 Å². The lowest BCUT2D eigenvalue weighted by Gasteiger charge is -2.34. The van der Waals surface area contributed by atoms with Gasteiger partial charge >= 0.3 is 0 Å². The summed E-state index contributed by atoms with van der Waals surface area (Å²) in [5.74, 6) is 0.989. The maximum atomic E-state index is 4.39. The summed E-state index contributed by atoms with van der Waals surface area (Å²) in [5.41, 5.74) is 1.16. The zero-order valence-electron chi connectivity index (χ0n) is 12.1. The Hall–Kier alpha value is -1.46. The molecule has 0 atom stereocenters. The van der Waals surface area contributed by atoms with Crippen molar-refractivity contribution in [1.82, 2.24) is 15.1 Å². The first kappa shape index (κ1) is 13.2. The van der Waals surface area contributed by atoms with E-state index in [9.17, 15) is 0 Å². The van der Waals surface area contributed by atoms with Gasteiger partial charge in [-0.25, -0.2) is 0 Å². The van der Waals surface area contributed by atoms with Crippen molar-refractivity contribution in [3.8, 4) is 10.6 Å². The molecule has 1 saturated carbocycles. The fourth-order valence-corrected chi connectivity index (χ4v) is 3.73. The summed E-state index contributed by atoms with van der Waals surface area (Å²) in [6.07, 6.45) is 2.88. The van der Waals surface area contributed by atoms with Crippen LogP contribution >= 0.6 is 11.3 Å². The summed E-state index contributed by atoms with van der Waals surface area (Å²) in [7, 11) is 0. The van der Waals surface area contributed by atoms with E-state index in [1.165, 1.54) is 19.4 Å². The van der Waals surface area contributed by atoms with E-state index in [1.54, 1.807) is 11.3 Å². The van der Waals surface area contributed by atoms with Crippen LogP contribution < -0.4 is 4.90 Å². The molecule has 110 valence electrons. The molecule has 4 nitrogen and oxygen atoms in total. The first-order valence-corrected chi connectivity index (χ1v) is 8.56. The molecule has 4 rings (SSSR count). The number of hydrogen-bond donors (Lipinski definition) is 0. The average molecular weight is 300 g/mol. The molecule has 0 spiro atoms. The molecule has 1 saturated heterocycles. The highest BCUT2D eigenvalue weighted by molar-refractivity contribution is 7.18. The van der Waals surface area contributed by atoms with Crippen molar-refractivity contribution >= 4 is 16.5 Å². The van der Waals surface area contributed by atoms with Crippen molar-refractivity contribution in [2.45, 2.75) is 12.8 Å². The van der Waals surface area contributed by atoms with E-state index in [2.05, 4.69) is 32.1 Å². The Morgan fingerprint density at radius 1 is 1.00 bits per heavy atom. The Labute approximate surface area is 129 Å². The van der Waals surface area contributed by atoms with Gasteiger partial charge in [0.1, 0.15) is 5.01 Å². The van der Waals surface area contributed by atoms with E-state index < -0.39 is 0 Å². The minimum Gasteiger partial charge on any atom is -0.344 e. The molecule has 0 bridgehead atoms. The number of piperazine rings is 1. The zero-order chi connectivity index (χ0) is 14.1. The van der Waals surface area contributed by atoms with E-state index in [-0.39, 0.29) is 0 Å². The monoisotopic (exact) mass is 300 g/mol. The van der Waals surface area contributed by atoms with Gasteiger partial charge in [0.05, 0.1) is 0 Å². The normalized spacial score (nSPS) is 19.9. The SMILES string of the molecule is c1ccc(-c2nnc(N3CCN(CC4CC4)CC3)s2)cc1. The van der Waals surface area contributed by atoms with Crippen molar-refractivity contribution < 1.29 is 0 Å². The first-order valence-electron chi connectivity index (χ1n) is 7.75. The lowest BCUT2D eigenvalue weighted by molar-refractivity contribution is 0.248. The Morgan fingerprint density at radius 2 is 1.76 bits per heavy atom. The number of rotatable bonds is 4. The summed E-state index contributed by atoms with van der Waals surface area (Å²) < 4.78 is 0. The molecule has 21 heavy (non-hydrogen) atoms. The van der Waals surface area contributed by atoms with Crippen LogP contribution in [-0.4, -0.2) is 47.8 Å². The van der Waals surface area contributed by atoms with Crippen LogP contribution in [0, 0.1) is 5.92 Å². The highest BCUT2D eigenvalue weighted by Gasteiger charge is 2.27. The Bertz CT molecular complexity index is 585. The number of anilines is 1.